The number of hydrogen-bond donors (Lipinski definition) is 1. The van der Waals surface area contributed by atoms with Crippen molar-refractivity contribution in [3.8, 4) is 5.75 Å². The minimum atomic E-state index is -0.841. The number of benzene rings is 2. The number of nitrogens with one attached hydrogen (secondary N) is 1. The lowest BCUT2D eigenvalue weighted by molar-refractivity contribution is -0.127. The number of carbonyl (C=O) groups is 3. The minimum absolute atomic E-state index is 0.143. The average Bonchev–Trinajstić information content (AvgIpc) is 2.72. The predicted octanol–water partition coefficient (Wildman–Crippen LogP) is 3.12. The Labute approximate surface area is 170 Å². The second-order valence-corrected chi connectivity index (χ2v) is 6.15. The highest BCUT2D eigenvalue weighted by atomic mass is 16.5. The Bertz CT molecular complexity index is 813. The number of ether oxygens (including phenoxy) is 3. The number of rotatable bonds is 9. The molecule has 2 rings (SSSR count). The van der Waals surface area contributed by atoms with E-state index in [0.29, 0.717) is 6.54 Å². The number of hydrogen-bond acceptors (Lipinski definition) is 6. The van der Waals surface area contributed by atoms with E-state index in [9.17, 15) is 14.4 Å². The van der Waals surface area contributed by atoms with Gasteiger partial charge in [-0.1, -0.05) is 30.3 Å². The van der Waals surface area contributed by atoms with Crippen LogP contribution in [0.4, 0.5) is 0 Å². The van der Waals surface area contributed by atoms with Crippen LogP contribution in [0.5, 0.6) is 5.75 Å². The third-order valence-corrected chi connectivity index (χ3v) is 3.92. The van der Waals surface area contributed by atoms with Crippen LogP contribution >= 0.6 is 0 Å². The topological polar surface area (TPSA) is 90.9 Å². The van der Waals surface area contributed by atoms with Crippen molar-refractivity contribution >= 4 is 17.8 Å². The highest BCUT2D eigenvalue weighted by Crippen LogP contribution is 2.20. The molecule has 154 valence electrons. The predicted molar refractivity (Wildman–Crippen MR) is 107 cm³/mol. The van der Waals surface area contributed by atoms with Crippen LogP contribution in [0.2, 0.25) is 0 Å². The first-order valence-corrected chi connectivity index (χ1v) is 9.42. The molecule has 1 atom stereocenters. The summed E-state index contributed by atoms with van der Waals surface area (Å²) < 4.78 is 15.7. The van der Waals surface area contributed by atoms with Gasteiger partial charge in [-0.05, 0) is 44.5 Å². The lowest BCUT2D eigenvalue weighted by atomic mass is 10.1. The molecule has 0 unspecified atom stereocenters. The van der Waals surface area contributed by atoms with Gasteiger partial charge in [0.05, 0.1) is 24.3 Å². The van der Waals surface area contributed by atoms with Crippen molar-refractivity contribution in [2.24, 2.45) is 0 Å². The van der Waals surface area contributed by atoms with Crippen molar-refractivity contribution in [2.45, 2.75) is 33.4 Å². The molecule has 0 aliphatic rings. The molecule has 0 aliphatic heterocycles. The summed E-state index contributed by atoms with van der Waals surface area (Å²) >= 11 is 0. The van der Waals surface area contributed by atoms with E-state index in [2.05, 4.69) is 5.32 Å². The zero-order valence-corrected chi connectivity index (χ0v) is 16.8. The van der Waals surface area contributed by atoms with Gasteiger partial charge < -0.3 is 19.5 Å². The van der Waals surface area contributed by atoms with Gasteiger partial charge in [0.25, 0.3) is 5.91 Å². The summed E-state index contributed by atoms with van der Waals surface area (Å²) in [5.74, 6) is -1.32. The van der Waals surface area contributed by atoms with Crippen molar-refractivity contribution < 1.29 is 28.6 Å². The third-order valence-electron chi connectivity index (χ3n) is 3.92. The largest absolute Gasteiger partial charge is 0.481 e. The van der Waals surface area contributed by atoms with E-state index in [0.717, 1.165) is 5.56 Å². The molecule has 2 aromatic carbocycles. The summed E-state index contributed by atoms with van der Waals surface area (Å²) in [6, 6.07) is 13.7. The van der Waals surface area contributed by atoms with E-state index < -0.39 is 18.0 Å². The SMILES string of the molecule is CCOC(=O)c1cc(O[C@H](C)C(=O)NCc2ccccc2)cc(C(=O)OCC)c1. The van der Waals surface area contributed by atoms with Gasteiger partial charge in [-0.25, -0.2) is 9.59 Å². The van der Waals surface area contributed by atoms with E-state index in [1.54, 1.807) is 20.8 Å². The second-order valence-electron chi connectivity index (χ2n) is 6.15. The zero-order chi connectivity index (χ0) is 21.2. The quantitative estimate of drug-likeness (QED) is 0.652. The summed E-state index contributed by atoms with van der Waals surface area (Å²) in [6.07, 6.45) is -0.841. The monoisotopic (exact) mass is 399 g/mol. The molecule has 0 saturated carbocycles. The van der Waals surface area contributed by atoms with Crippen LogP contribution in [0.1, 0.15) is 47.1 Å². The Kier molecular flexibility index (Phi) is 8.21. The van der Waals surface area contributed by atoms with Gasteiger partial charge in [-0.2, -0.15) is 0 Å². The van der Waals surface area contributed by atoms with Crippen LogP contribution < -0.4 is 10.1 Å². The van der Waals surface area contributed by atoms with E-state index in [4.69, 9.17) is 14.2 Å². The Hall–Kier alpha value is -3.35. The summed E-state index contributed by atoms with van der Waals surface area (Å²) in [6.45, 7) is 5.70. The summed E-state index contributed by atoms with van der Waals surface area (Å²) in [5.41, 5.74) is 1.25. The molecule has 1 N–H and O–H groups in total. The van der Waals surface area contributed by atoms with E-state index in [-0.39, 0.29) is 36.0 Å². The molecule has 0 radical (unpaired) electrons. The highest BCUT2D eigenvalue weighted by molar-refractivity contribution is 5.96. The maximum atomic E-state index is 12.3. The number of esters is 2. The van der Waals surface area contributed by atoms with E-state index in [1.807, 2.05) is 30.3 Å². The maximum Gasteiger partial charge on any atom is 0.338 e. The minimum Gasteiger partial charge on any atom is -0.481 e. The molecule has 0 heterocycles. The molecule has 7 nitrogen and oxygen atoms in total. The van der Waals surface area contributed by atoms with E-state index in [1.165, 1.54) is 18.2 Å². The van der Waals surface area contributed by atoms with Crippen LogP contribution in [-0.2, 0) is 20.8 Å². The van der Waals surface area contributed by atoms with Gasteiger partial charge >= 0.3 is 11.9 Å². The molecular formula is C22H25NO6. The fourth-order valence-corrected chi connectivity index (χ4v) is 2.52. The Balaban J connectivity index is 2.13. The first-order valence-electron chi connectivity index (χ1n) is 9.42. The van der Waals surface area contributed by atoms with Crippen molar-refractivity contribution in [3.05, 3.63) is 65.2 Å². The standard InChI is InChI=1S/C22H25NO6/c1-4-27-21(25)17-11-18(22(26)28-5-2)13-19(12-17)29-15(3)20(24)23-14-16-9-7-6-8-10-16/h6-13,15H,4-5,14H2,1-3H3,(H,23,24)/t15-/m1/s1. The normalized spacial score (nSPS) is 11.3. The molecule has 0 saturated heterocycles. The first kappa shape index (κ1) is 21.9. The van der Waals surface area contributed by atoms with Crippen molar-refractivity contribution in [1.29, 1.82) is 0 Å². The summed E-state index contributed by atoms with van der Waals surface area (Å²) in [7, 11) is 0. The number of amides is 1. The fourth-order valence-electron chi connectivity index (χ4n) is 2.52. The Morgan fingerprint density at radius 2 is 1.45 bits per heavy atom. The van der Waals surface area contributed by atoms with Crippen LogP contribution in [0.15, 0.2) is 48.5 Å². The van der Waals surface area contributed by atoms with Gasteiger partial charge in [0.1, 0.15) is 5.75 Å². The molecule has 0 spiro atoms. The molecule has 0 bridgehead atoms. The fraction of sp³-hybridized carbons (Fsp3) is 0.318. The second kappa shape index (κ2) is 10.8. The summed E-state index contributed by atoms with van der Waals surface area (Å²) in [4.78, 5) is 36.5. The molecule has 2 aromatic rings. The van der Waals surface area contributed by atoms with Crippen LogP contribution in [0.3, 0.4) is 0 Å². The number of carbonyl (C=O) groups excluding carboxylic acids is 3. The Morgan fingerprint density at radius 3 is 1.97 bits per heavy atom. The molecule has 7 heteroatoms. The molecule has 0 aromatic heterocycles. The van der Waals surface area contributed by atoms with Crippen molar-refractivity contribution in [3.63, 3.8) is 0 Å². The van der Waals surface area contributed by atoms with Gasteiger partial charge in [-0.3, -0.25) is 4.79 Å². The Morgan fingerprint density at radius 1 is 0.897 bits per heavy atom. The van der Waals surface area contributed by atoms with Gasteiger partial charge in [-0.15, -0.1) is 0 Å². The van der Waals surface area contributed by atoms with Crippen LogP contribution in [-0.4, -0.2) is 37.2 Å². The zero-order valence-electron chi connectivity index (χ0n) is 16.8. The van der Waals surface area contributed by atoms with Gasteiger partial charge in [0.2, 0.25) is 0 Å². The lowest BCUT2D eigenvalue weighted by Gasteiger charge is -2.16. The van der Waals surface area contributed by atoms with Crippen molar-refractivity contribution in [2.75, 3.05) is 13.2 Å². The van der Waals surface area contributed by atoms with Gasteiger partial charge in [0.15, 0.2) is 6.10 Å². The third kappa shape index (κ3) is 6.64. The smallest absolute Gasteiger partial charge is 0.338 e. The van der Waals surface area contributed by atoms with Crippen LogP contribution in [0.25, 0.3) is 0 Å². The molecule has 29 heavy (non-hydrogen) atoms. The van der Waals surface area contributed by atoms with Crippen LogP contribution in [0, 0.1) is 0 Å². The van der Waals surface area contributed by atoms with E-state index >= 15 is 0 Å². The highest BCUT2D eigenvalue weighted by Gasteiger charge is 2.19. The lowest BCUT2D eigenvalue weighted by Crippen LogP contribution is -2.36. The first-order chi connectivity index (χ1) is 13.9. The summed E-state index contributed by atoms with van der Waals surface area (Å²) in [5, 5.41) is 2.79. The van der Waals surface area contributed by atoms with Gasteiger partial charge in [0, 0.05) is 6.54 Å². The van der Waals surface area contributed by atoms with Crippen molar-refractivity contribution in [1.82, 2.24) is 5.32 Å². The average molecular weight is 399 g/mol. The molecule has 0 aliphatic carbocycles. The maximum absolute atomic E-state index is 12.3. The molecular weight excluding hydrogens is 374 g/mol. The molecule has 0 fully saturated rings. The molecule has 1 amide bonds.